The molecule has 0 amide bonds. The van der Waals surface area contributed by atoms with Gasteiger partial charge < -0.3 is 10.1 Å². The third-order valence-corrected chi connectivity index (χ3v) is 3.37. The average Bonchev–Trinajstić information content (AvgIpc) is 2.89. The number of hydrogen-bond donors (Lipinski definition) is 1. The van der Waals surface area contributed by atoms with Gasteiger partial charge in [0.2, 0.25) is 0 Å². The van der Waals surface area contributed by atoms with Gasteiger partial charge in [-0.1, -0.05) is 37.3 Å². The summed E-state index contributed by atoms with van der Waals surface area (Å²) in [7, 11) is 0. The van der Waals surface area contributed by atoms with E-state index in [1.54, 1.807) is 0 Å². The van der Waals surface area contributed by atoms with E-state index in [4.69, 9.17) is 4.74 Å². The molecule has 1 fully saturated rings. The van der Waals surface area contributed by atoms with Crippen LogP contribution in [0.3, 0.4) is 0 Å². The van der Waals surface area contributed by atoms with Gasteiger partial charge in [-0.25, -0.2) is 0 Å². The monoisotopic (exact) mass is 233 g/mol. The Morgan fingerprint density at radius 3 is 2.82 bits per heavy atom. The lowest BCUT2D eigenvalue weighted by atomic mass is 9.99. The highest BCUT2D eigenvalue weighted by molar-refractivity contribution is 5.16. The van der Waals surface area contributed by atoms with Gasteiger partial charge in [0.1, 0.15) is 0 Å². The standard InChI is InChI=1S/C15H23NO/c1-2-10-16-14(15-9-6-11-17-15)12-13-7-4-3-5-8-13/h3-5,7-8,14-16H,2,6,9-12H2,1H3/t14-,15-/m1/s1. The van der Waals surface area contributed by atoms with Crippen molar-refractivity contribution in [1.82, 2.24) is 5.32 Å². The Labute approximate surface area is 104 Å². The van der Waals surface area contributed by atoms with Gasteiger partial charge in [-0.05, 0) is 37.8 Å². The first-order valence-electron chi connectivity index (χ1n) is 6.79. The minimum absolute atomic E-state index is 0.404. The van der Waals surface area contributed by atoms with E-state index < -0.39 is 0 Å². The van der Waals surface area contributed by atoms with Crippen LogP contribution in [0.1, 0.15) is 31.7 Å². The Morgan fingerprint density at radius 2 is 2.18 bits per heavy atom. The quantitative estimate of drug-likeness (QED) is 0.816. The van der Waals surface area contributed by atoms with Crippen LogP contribution in [0, 0.1) is 0 Å². The molecule has 1 N–H and O–H groups in total. The predicted octanol–water partition coefficient (Wildman–Crippen LogP) is 2.78. The van der Waals surface area contributed by atoms with Crippen LogP contribution >= 0.6 is 0 Å². The maximum atomic E-state index is 5.82. The molecule has 0 unspecified atom stereocenters. The number of nitrogens with one attached hydrogen (secondary N) is 1. The molecule has 0 bridgehead atoms. The molecule has 0 aromatic heterocycles. The van der Waals surface area contributed by atoms with E-state index in [9.17, 15) is 0 Å². The lowest BCUT2D eigenvalue weighted by Crippen LogP contribution is -2.41. The van der Waals surface area contributed by atoms with Crippen LogP contribution < -0.4 is 5.32 Å². The van der Waals surface area contributed by atoms with Crippen molar-refractivity contribution >= 4 is 0 Å². The summed E-state index contributed by atoms with van der Waals surface area (Å²) in [4.78, 5) is 0. The lowest BCUT2D eigenvalue weighted by molar-refractivity contribution is 0.0784. The molecule has 1 aliphatic heterocycles. The van der Waals surface area contributed by atoms with Crippen molar-refractivity contribution in [3.63, 3.8) is 0 Å². The fourth-order valence-electron chi connectivity index (χ4n) is 2.45. The van der Waals surface area contributed by atoms with Crippen LogP contribution in [0.15, 0.2) is 30.3 Å². The second kappa shape index (κ2) is 6.77. The van der Waals surface area contributed by atoms with Crippen LogP contribution in [0.2, 0.25) is 0 Å². The largest absolute Gasteiger partial charge is 0.377 e. The number of hydrogen-bond acceptors (Lipinski definition) is 2. The molecule has 1 aromatic rings. The van der Waals surface area contributed by atoms with Crippen LogP contribution in [0.5, 0.6) is 0 Å². The van der Waals surface area contributed by atoms with E-state index in [1.807, 2.05) is 0 Å². The first kappa shape index (κ1) is 12.6. The SMILES string of the molecule is CCCN[C@H](Cc1ccccc1)[C@H]1CCCO1. The van der Waals surface area contributed by atoms with Crippen molar-refractivity contribution in [2.24, 2.45) is 0 Å². The van der Waals surface area contributed by atoms with Crippen LogP contribution in [-0.4, -0.2) is 25.3 Å². The first-order valence-corrected chi connectivity index (χ1v) is 6.79. The third-order valence-electron chi connectivity index (χ3n) is 3.37. The van der Waals surface area contributed by atoms with Gasteiger partial charge in [-0.3, -0.25) is 0 Å². The summed E-state index contributed by atoms with van der Waals surface area (Å²) in [6.45, 7) is 4.23. The summed E-state index contributed by atoms with van der Waals surface area (Å²) in [5, 5.41) is 3.63. The number of ether oxygens (including phenoxy) is 1. The van der Waals surface area contributed by atoms with Crippen molar-refractivity contribution in [2.75, 3.05) is 13.2 Å². The molecule has 2 nitrogen and oxygen atoms in total. The van der Waals surface area contributed by atoms with Crippen LogP contribution in [-0.2, 0) is 11.2 Å². The maximum absolute atomic E-state index is 5.82. The van der Waals surface area contributed by atoms with Gasteiger partial charge in [0, 0.05) is 12.6 Å². The predicted molar refractivity (Wildman–Crippen MR) is 71.2 cm³/mol. The van der Waals surface area contributed by atoms with Crippen molar-refractivity contribution in [1.29, 1.82) is 0 Å². The molecule has 0 spiro atoms. The zero-order chi connectivity index (χ0) is 11.9. The highest BCUT2D eigenvalue weighted by Crippen LogP contribution is 2.18. The van der Waals surface area contributed by atoms with E-state index in [-0.39, 0.29) is 0 Å². The van der Waals surface area contributed by atoms with E-state index in [1.165, 1.54) is 24.8 Å². The molecule has 17 heavy (non-hydrogen) atoms. The fourth-order valence-corrected chi connectivity index (χ4v) is 2.45. The van der Waals surface area contributed by atoms with Crippen molar-refractivity contribution in [3.05, 3.63) is 35.9 Å². The van der Waals surface area contributed by atoms with Crippen molar-refractivity contribution in [3.8, 4) is 0 Å². The molecule has 1 aromatic carbocycles. The maximum Gasteiger partial charge on any atom is 0.0732 e. The second-order valence-electron chi connectivity index (χ2n) is 4.80. The normalized spacial score (nSPS) is 21.6. The van der Waals surface area contributed by atoms with Crippen LogP contribution in [0.25, 0.3) is 0 Å². The second-order valence-corrected chi connectivity index (χ2v) is 4.80. The average molecular weight is 233 g/mol. The summed E-state index contributed by atoms with van der Waals surface area (Å²) in [6, 6.07) is 11.2. The number of benzene rings is 1. The lowest BCUT2D eigenvalue weighted by Gasteiger charge is -2.24. The van der Waals surface area contributed by atoms with Gasteiger partial charge in [-0.2, -0.15) is 0 Å². The van der Waals surface area contributed by atoms with Gasteiger partial charge in [0.05, 0.1) is 6.10 Å². The first-order chi connectivity index (χ1) is 8.40. The zero-order valence-electron chi connectivity index (χ0n) is 10.7. The Hall–Kier alpha value is -0.860. The highest BCUT2D eigenvalue weighted by atomic mass is 16.5. The summed E-state index contributed by atoms with van der Waals surface area (Å²) >= 11 is 0. The molecule has 2 atom stereocenters. The van der Waals surface area contributed by atoms with Gasteiger partial charge >= 0.3 is 0 Å². The topological polar surface area (TPSA) is 21.3 Å². The van der Waals surface area contributed by atoms with Crippen molar-refractivity contribution < 1.29 is 4.74 Å². The van der Waals surface area contributed by atoms with Gasteiger partial charge in [0.25, 0.3) is 0 Å². The molecule has 0 aliphatic carbocycles. The minimum Gasteiger partial charge on any atom is -0.377 e. The molecule has 0 radical (unpaired) electrons. The summed E-state index contributed by atoms with van der Waals surface area (Å²) in [6.07, 6.45) is 5.07. The summed E-state index contributed by atoms with van der Waals surface area (Å²) < 4.78 is 5.82. The molecule has 0 saturated carbocycles. The Morgan fingerprint density at radius 1 is 1.35 bits per heavy atom. The molecule has 94 valence electrons. The Bertz CT molecular complexity index is 306. The Balaban J connectivity index is 1.94. The fraction of sp³-hybridized carbons (Fsp3) is 0.600. The Kier molecular flexibility index (Phi) is 5.02. The zero-order valence-corrected chi connectivity index (χ0v) is 10.7. The molecule has 1 saturated heterocycles. The van der Waals surface area contributed by atoms with E-state index in [2.05, 4.69) is 42.6 Å². The minimum atomic E-state index is 0.404. The summed E-state index contributed by atoms with van der Waals surface area (Å²) in [5.74, 6) is 0. The highest BCUT2D eigenvalue weighted by Gasteiger charge is 2.25. The third kappa shape index (κ3) is 3.83. The molecule has 2 rings (SSSR count). The van der Waals surface area contributed by atoms with E-state index >= 15 is 0 Å². The molecular formula is C15H23NO. The molecule has 1 aliphatic rings. The summed E-state index contributed by atoms with van der Waals surface area (Å²) in [5.41, 5.74) is 1.40. The van der Waals surface area contributed by atoms with E-state index in [0.717, 1.165) is 19.6 Å². The van der Waals surface area contributed by atoms with E-state index in [0.29, 0.717) is 12.1 Å². The van der Waals surface area contributed by atoms with Crippen LogP contribution in [0.4, 0.5) is 0 Å². The number of rotatable bonds is 6. The smallest absolute Gasteiger partial charge is 0.0732 e. The van der Waals surface area contributed by atoms with Gasteiger partial charge in [-0.15, -0.1) is 0 Å². The molecule has 2 heteroatoms. The molecule has 1 heterocycles. The van der Waals surface area contributed by atoms with Crippen molar-refractivity contribution in [2.45, 2.75) is 44.8 Å². The molecular weight excluding hydrogens is 210 g/mol. The van der Waals surface area contributed by atoms with Gasteiger partial charge in [0.15, 0.2) is 0 Å².